The summed E-state index contributed by atoms with van der Waals surface area (Å²) in [7, 11) is 0. The number of benzene rings is 9. The fraction of sp³-hybridized carbons (Fsp3) is 0. The molecule has 0 aromatic heterocycles. The van der Waals surface area contributed by atoms with Gasteiger partial charge in [0.15, 0.2) is 0 Å². The van der Waals surface area contributed by atoms with Crippen molar-refractivity contribution < 1.29 is 0 Å². The molecule has 0 aliphatic heterocycles. The van der Waals surface area contributed by atoms with E-state index in [0.717, 1.165) is 0 Å². The molecule has 9 aromatic rings. The van der Waals surface area contributed by atoms with Crippen molar-refractivity contribution in [1.29, 1.82) is 0 Å². The van der Waals surface area contributed by atoms with Crippen molar-refractivity contribution in [2.45, 2.75) is 0 Å². The molecular formula is C46H30. The van der Waals surface area contributed by atoms with Crippen LogP contribution in [0.15, 0.2) is 182 Å². The van der Waals surface area contributed by atoms with Crippen molar-refractivity contribution >= 4 is 43.1 Å². The quantitative estimate of drug-likeness (QED) is 0.181. The summed E-state index contributed by atoms with van der Waals surface area (Å²) in [5.74, 6) is 0. The predicted octanol–water partition coefficient (Wildman–Crippen LogP) is 13.0. The number of hydrogen-bond acceptors (Lipinski definition) is 0. The van der Waals surface area contributed by atoms with Crippen LogP contribution in [0.3, 0.4) is 0 Å². The molecule has 9 rings (SSSR count). The lowest BCUT2D eigenvalue weighted by Gasteiger charge is -2.19. The Kier molecular flexibility index (Phi) is 6.25. The van der Waals surface area contributed by atoms with Crippen LogP contribution < -0.4 is 0 Å². The summed E-state index contributed by atoms with van der Waals surface area (Å²) in [6.45, 7) is 0. The lowest BCUT2D eigenvalue weighted by atomic mass is 9.84. The highest BCUT2D eigenvalue weighted by Gasteiger charge is 2.18. The average molecular weight is 583 g/mol. The minimum absolute atomic E-state index is 1.21. The van der Waals surface area contributed by atoms with Gasteiger partial charge in [-0.05, 0) is 106 Å². The molecule has 0 unspecified atom stereocenters. The van der Waals surface area contributed by atoms with E-state index in [1.54, 1.807) is 0 Å². The maximum absolute atomic E-state index is 2.42. The summed E-state index contributed by atoms with van der Waals surface area (Å²) < 4.78 is 0. The molecule has 0 heterocycles. The molecule has 0 fully saturated rings. The highest BCUT2D eigenvalue weighted by Crippen LogP contribution is 2.45. The van der Waals surface area contributed by atoms with E-state index in [9.17, 15) is 0 Å². The largest absolute Gasteiger partial charge is 0.0622 e. The van der Waals surface area contributed by atoms with Crippen LogP contribution in [0, 0.1) is 0 Å². The van der Waals surface area contributed by atoms with Gasteiger partial charge >= 0.3 is 0 Å². The van der Waals surface area contributed by atoms with E-state index in [2.05, 4.69) is 182 Å². The van der Waals surface area contributed by atoms with Crippen LogP contribution in [0.2, 0.25) is 0 Å². The van der Waals surface area contributed by atoms with E-state index < -0.39 is 0 Å². The number of hydrogen-bond donors (Lipinski definition) is 0. The van der Waals surface area contributed by atoms with Gasteiger partial charge in [-0.15, -0.1) is 0 Å². The van der Waals surface area contributed by atoms with Crippen LogP contribution in [0.5, 0.6) is 0 Å². The molecule has 0 N–H and O–H groups in total. The van der Waals surface area contributed by atoms with Gasteiger partial charge < -0.3 is 0 Å². The van der Waals surface area contributed by atoms with Crippen molar-refractivity contribution in [2.24, 2.45) is 0 Å². The fourth-order valence-electron chi connectivity index (χ4n) is 7.35. The molecule has 0 saturated carbocycles. The highest BCUT2D eigenvalue weighted by molar-refractivity contribution is 6.22. The van der Waals surface area contributed by atoms with Crippen molar-refractivity contribution in [1.82, 2.24) is 0 Å². The third kappa shape index (κ3) is 4.30. The number of fused-ring (bicyclic) bond motifs is 4. The standard InChI is InChI=1S/C46H30/c1-3-15-32(16-4-1)45-40-23-11-12-24-41(40)46(33-17-5-2-6-18-33)44-29-34(26-27-42(44)45)36-28-35-19-8-10-22-38(35)43(30-36)39-25-13-20-31-14-7-9-21-37(31)39/h1-30H. The smallest absolute Gasteiger partial charge is 0.00262 e. The molecule has 0 spiro atoms. The maximum atomic E-state index is 2.42. The Balaban J connectivity index is 1.37. The molecular weight excluding hydrogens is 553 g/mol. The second-order valence-electron chi connectivity index (χ2n) is 12.1. The first-order valence-corrected chi connectivity index (χ1v) is 15.9. The van der Waals surface area contributed by atoms with Crippen LogP contribution in [-0.4, -0.2) is 0 Å². The van der Waals surface area contributed by atoms with Gasteiger partial charge in [-0.25, -0.2) is 0 Å². The first kappa shape index (κ1) is 26.4. The van der Waals surface area contributed by atoms with Crippen molar-refractivity contribution in [3.8, 4) is 44.5 Å². The Morgan fingerprint density at radius 3 is 1.39 bits per heavy atom. The van der Waals surface area contributed by atoms with Crippen LogP contribution >= 0.6 is 0 Å². The Hall–Kier alpha value is -5.98. The highest BCUT2D eigenvalue weighted by atomic mass is 14.2. The van der Waals surface area contributed by atoms with E-state index in [1.807, 2.05) is 0 Å². The van der Waals surface area contributed by atoms with Gasteiger partial charge in [0.1, 0.15) is 0 Å². The second-order valence-corrected chi connectivity index (χ2v) is 12.1. The normalized spacial score (nSPS) is 11.5. The summed E-state index contributed by atoms with van der Waals surface area (Å²) in [5, 5.41) is 10.1. The lowest BCUT2D eigenvalue weighted by Crippen LogP contribution is -1.92. The van der Waals surface area contributed by atoms with Crippen LogP contribution in [-0.2, 0) is 0 Å². The summed E-state index contributed by atoms with van der Waals surface area (Å²) in [6, 6.07) is 66.6. The fourth-order valence-corrected chi connectivity index (χ4v) is 7.35. The molecule has 0 aliphatic rings. The molecule has 0 atom stereocenters. The summed E-state index contributed by atoms with van der Waals surface area (Å²) in [6.07, 6.45) is 0. The topological polar surface area (TPSA) is 0 Å². The molecule has 46 heavy (non-hydrogen) atoms. The van der Waals surface area contributed by atoms with Crippen molar-refractivity contribution in [3.63, 3.8) is 0 Å². The Labute approximate surface area is 268 Å². The minimum Gasteiger partial charge on any atom is -0.0622 e. The molecule has 9 aromatic carbocycles. The molecule has 0 radical (unpaired) electrons. The lowest BCUT2D eigenvalue weighted by molar-refractivity contribution is 1.63. The Morgan fingerprint density at radius 2 is 0.717 bits per heavy atom. The number of rotatable bonds is 4. The molecule has 0 saturated heterocycles. The predicted molar refractivity (Wildman–Crippen MR) is 198 cm³/mol. The minimum atomic E-state index is 1.21. The van der Waals surface area contributed by atoms with E-state index in [1.165, 1.54) is 87.6 Å². The van der Waals surface area contributed by atoms with Gasteiger partial charge in [-0.2, -0.15) is 0 Å². The van der Waals surface area contributed by atoms with Gasteiger partial charge in [0.2, 0.25) is 0 Å². The van der Waals surface area contributed by atoms with Gasteiger partial charge in [-0.1, -0.05) is 164 Å². The average Bonchev–Trinajstić information content (AvgIpc) is 3.13. The van der Waals surface area contributed by atoms with Crippen LogP contribution in [0.4, 0.5) is 0 Å². The molecule has 0 nitrogen and oxygen atoms in total. The van der Waals surface area contributed by atoms with Gasteiger partial charge in [0.05, 0.1) is 0 Å². The van der Waals surface area contributed by atoms with Gasteiger partial charge in [-0.3, -0.25) is 0 Å². The van der Waals surface area contributed by atoms with Crippen LogP contribution in [0.1, 0.15) is 0 Å². The summed E-state index contributed by atoms with van der Waals surface area (Å²) in [4.78, 5) is 0. The zero-order chi connectivity index (χ0) is 30.5. The molecule has 214 valence electrons. The Morgan fingerprint density at radius 1 is 0.217 bits per heavy atom. The summed E-state index contributed by atoms with van der Waals surface area (Å²) >= 11 is 0. The Bertz CT molecular complexity index is 2550. The SMILES string of the molecule is c1ccc(-c2c3ccccc3c(-c3ccccc3)c3cc(-c4cc(-c5cccc6ccccc56)c5ccccc5c4)ccc23)cc1. The third-order valence-corrected chi connectivity index (χ3v) is 9.42. The molecule has 0 heteroatoms. The van der Waals surface area contributed by atoms with E-state index >= 15 is 0 Å². The van der Waals surface area contributed by atoms with E-state index in [-0.39, 0.29) is 0 Å². The second kappa shape index (κ2) is 10.9. The molecule has 0 bridgehead atoms. The van der Waals surface area contributed by atoms with Crippen LogP contribution in [0.25, 0.3) is 87.6 Å². The summed E-state index contributed by atoms with van der Waals surface area (Å²) in [5.41, 5.74) is 9.99. The zero-order valence-corrected chi connectivity index (χ0v) is 25.3. The molecule has 0 amide bonds. The molecule has 0 aliphatic carbocycles. The van der Waals surface area contributed by atoms with Crippen molar-refractivity contribution in [2.75, 3.05) is 0 Å². The van der Waals surface area contributed by atoms with E-state index in [4.69, 9.17) is 0 Å². The van der Waals surface area contributed by atoms with Gasteiger partial charge in [0.25, 0.3) is 0 Å². The monoisotopic (exact) mass is 582 g/mol. The first-order valence-electron chi connectivity index (χ1n) is 15.9. The first-order chi connectivity index (χ1) is 22.8. The van der Waals surface area contributed by atoms with Gasteiger partial charge in [0, 0.05) is 0 Å². The van der Waals surface area contributed by atoms with Crippen molar-refractivity contribution in [3.05, 3.63) is 182 Å². The van der Waals surface area contributed by atoms with E-state index in [0.29, 0.717) is 0 Å². The maximum Gasteiger partial charge on any atom is -0.00262 e. The zero-order valence-electron chi connectivity index (χ0n) is 25.3. The third-order valence-electron chi connectivity index (χ3n) is 9.42.